The number of alkyl halides is 3. The molecule has 0 spiro atoms. The van der Waals surface area contributed by atoms with Crippen LogP contribution in [0.3, 0.4) is 0 Å². The number of anilines is 3. The molecule has 180 valence electrons. The van der Waals surface area contributed by atoms with Crippen LogP contribution in [0, 0.1) is 0 Å². The lowest BCUT2D eigenvalue weighted by molar-refractivity contribution is -0.161. The summed E-state index contributed by atoms with van der Waals surface area (Å²) in [7, 11) is 0. The van der Waals surface area contributed by atoms with Gasteiger partial charge in [-0.3, -0.25) is 5.32 Å². The number of nitrogens with zero attached hydrogens (tertiary/aromatic N) is 5. The average molecular weight is 484 g/mol. The monoisotopic (exact) mass is 484 g/mol. The molecule has 0 atom stereocenters. The summed E-state index contributed by atoms with van der Waals surface area (Å²) >= 11 is 0. The van der Waals surface area contributed by atoms with E-state index >= 15 is 0 Å². The van der Waals surface area contributed by atoms with Crippen molar-refractivity contribution in [2.24, 2.45) is 0 Å². The summed E-state index contributed by atoms with van der Waals surface area (Å²) in [6.07, 6.45) is -1.04. The van der Waals surface area contributed by atoms with Crippen LogP contribution in [0.1, 0.15) is 37.4 Å². The molecule has 2 aliphatic rings. The van der Waals surface area contributed by atoms with E-state index in [0.29, 0.717) is 34.3 Å². The molecule has 2 amide bonds. The zero-order valence-corrected chi connectivity index (χ0v) is 18.1. The number of hydrogen-bond acceptors (Lipinski definition) is 7. The van der Waals surface area contributed by atoms with Crippen LogP contribution in [0.2, 0.25) is 0 Å². The van der Waals surface area contributed by atoms with Crippen LogP contribution >= 0.6 is 0 Å². The lowest BCUT2D eigenvalue weighted by Crippen LogP contribution is -2.28. The summed E-state index contributed by atoms with van der Waals surface area (Å²) in [5.74, 6) is 0.167. The molecule has 4 N–H and O–H groups in total. The van der Waals surface area contributed by atoms with Gasteiger partial charge in [0.1, 0.15) is 28.9 Å². The SMILES string of the molecule is Nc1ncnc2c1c(-c1ccc(NC(=O)Nc3cc(C4(C(F)(F)F)CC4)no3)cc1)nn2C1CC1. The van der Waals surface area contributed by atoms with E-state index in [9.17, 15) is 18.0 Å². The average Bonchev–Trinajstić information content (AvgIpc) is 3.74. The fraction of sp³-hybridized carbons (Fsp3) is 0.318. The number of benzene rings is 1. The lowest BCUT2D eigenvalue weighted by atomic mass is 10.0. The van der Waals surface area contributed by atoms with E-state index in [1.54, 1.807) is 24.3 Å². The van der Waals surface area contributed by atoms with E-state index in [0.717, 1.165) is 24.5 Å². The second-order valence-electron chi connectivity index (χ2n) is 8.79. The van der Waals surface area contributed by atoms with Crippen molar-refractivity contribution >= 4 is 34.5 Å². The highest BCUT2D eigenvalue weighted by Gasteiger charge is 2.66. The van der Waals surface area contributed by atoms with E-state index in [1.165, 1.54) is 6.33 Å². The molecule has 2 fully saturated rings. The number of amides is 2. The minimum Gasteiger partial charge on any atom is -0.383 e. The van der Waals surface area contributed by atoms with Gasteiger partial charge >= 0.3 is 12.2 Å². The van der Waals surface area contributed by atoms with Gasteiger partial charge in [-0.25, -0.2) is 19.4 Å². The molecule has 0 aliphatic heterocycles. The molecule has 3 aromatic heterocycles. The first-order valence-electron chi connectivity index (χ1n) is 11.0. The Kier molecular flexibility index (Phi) is 4.53. The van der Waals surface area contributed by atoms with Crippen molar-refractivity contribution in [1.29, 1.82) is 0 Å². The number of nitrogens with one attached hydrogen (secondary N) is 2. The van der Waals surface area contributed by atoms with E-state index in [2.05, 4.69) is 25.8 Å². The standard InChI is InChI=1S/C22H19F3N8O2/c23-22(24,25)21(7-8-21)14-9-15(35-32-14)30-20(34)29-12-3-1-11(2-4-12)17-16-18(26)27-10-28-19(16)33(31-17)13-5-6-13/h1-4,9-10,13H,5-8H2,(H2,26,27,28)(H2,29,30,34). The summed E-state index contributed by atoms with van der Waals surface area (Å²) in [6, 6.07) is 7.61. The van der Waals surface area contributed by atoms with Gasteiger partial charge in [0.25, 0.3) is 0 Å². The Bertz CT molecular complexity index is 1440. The second kappa shape index (κ2) is 7.42. The van der Waals surface area contributed by atoms with Crippen LogP contribution < -0.4 is 16.4 Å². The molecule has 1 aromatic carbocycles. The van der Waals surface area contributed by atoms with Crippen LogP contribution in [0.25, 0.3) is 22.3 Å². The topological polar surface area (TPSA) is 137 Å². The largest absolute Gasteiger partial charge is 0.400 e. The van der Waals surface area contributed by atoms with Crippen LogP contribution in [0.15, 0.2) is 41.2 Å². The van der Waals surface area contributed by atoms with Crippen LogP contribution in [-0.4, -0.2) is 37.1 Å². The number of fused-ring (bicyclic) bond motifs is 1. The smallest absolute Gasteiger partial charge is 0.383 e. The lowest BCUT2D eigenvalue weighted by Gasteiger charge is -2.15. The molecule has 2 aliphatic carbocycles. The summed E-state index contributed by atoms with van der Waals surface area (Å²) in [6.45, 7) is 0. The van der Waals surface area contributed by atoms with Crippen molar-refractivity contribution in [2.45, 2.75) is 43.3 Å². The first-order chi connectivity index (χ1) is 16.7. The van der Waals surface area contributed by atoms with Gasteiger partial charge in [0, 0.05) is 17.3 Å². The van der Waals surface area contributed by atoms with Crippen molar-refractivity contribution in [3.63, 3.8) is 0 Å². The van der Waals surface area contributed by atoms with Gasteiger partial charge in [-0.15, -0.1) is 0 Å². The molecule has 0 unspecified atom stereocenters. The minimum atomic E-state index is -4.41. The number of urea groups is 1. The molecule has 35 heavy (non-hydrogen) atoms. The third-order valence-electron chi connectivity index (χ3n) is 6.36. The third-order valence-corrected chi connectivity index (χ3v) is 6.36. The maximum absolute atomic E-state index is 13.2. The number of nitrogens with two attached hydrogens (primary N) is 1. The molecule has 10 nitrogen and oxygen atoms in total. The van der Waals surface area contributed by atoms with Crippen molar-refractivity contribution in [3.05, 3.63) is 42.4 Å². The Balaban J connectivity index is 1.17. The quantitative estimate of drug-likeness (QED) is 0.375. The van der Waals surface area contributed by atoms with Crippen LogP contribution in [0.5, 0.6) is 0 Å². The number of halogens is 3. The second-order valence-corrected chi connectivity index (χ2v) is 8.79. The molecule has 6 rings (SSSR count). The number of hydrogen-bond donors (Lipinski definition) is 3. The molecule has 13 heteroatoms. The van der Waals surface area contributed by atoms with Gasteiger partial charge in [0.15, 0.2) is 5.65 Å². The van der Waals surface area contributed by atoms with E-state index in [4.69, 9.17) is 15.4 Å². The molecule has 0 saturated heterocycles. The summed E-state index contributed by atoms with van der Waals surface area (Å²) in [5.41, 5.74) is 6.45. The highest BCUT2D eigenvalue weighted by molar-refractivity contribution is 6.00. The predicted octanol–water partition coefficient (Wildman–Crippen LogP) is 4.64. The van der Waals surface area contributed by atoms with E-state index < -0.39 is 17.6 Å². The highest BCUT2D eigenvalue weighted by atomic mass is 19.4. The van der Waals surface area contributed by atoms with Crippen molar-refractivity contribution in [1.82, 2.24) is 24.9 Å². The maximum Gasteiger partial charge on any atom is 0.400 e. The van der Waals surface area contributed by atoms with Gasteiger partial charge in [0.05, 0.1) is 11.4 Å². The van der Waals surface area contributed by atoms with Crippen molar-refractivity contribution in [3.8, 4) is 11.3 Å². The number of rotatable bonds is 5. The van der Waals surface area contributed by atoms with Crippen LogP contribution in [-0.2, 0) is 5.41 Å². The number of carbonyl (C=O) groups excluding carboxylic acids is 1. The minimum absolute atomic E-state index is 0.0486. The Hall–Kier alpha value is -4.16. The molecule has 0 bridgehead atoms. The Labute approximate surface area is 195 Å². The van der Waals surface area contributed by atoms with Gasteiger partial charge < -0.3 is 15.6 Å². The van der Waals surface area contributed by atoms with Gasteiger partial charge in [0.2, 0.25) is 5.88 Å². The first kappa shape index (κ1) is 21.4. The van der Waals surface area contributed by atoms with Gasteiger partial charge in [-0.1, -0.05) is 17.3 Å². The summed E-state index contributed by atoms with van der Waals surface area (Å²) in [5, 5.41) is 13.9. The number of aromatic nitrogens is 5. The van der Waals surface area contributed by atoms with E-state index in [1.807, 2.05) is 4.68 Å². The third kappa shape index (κ3) is 3.63. The van der Waals surface area contributed by atoms with Crippen LogP contribution in [0.4, 0.5) is 35.4 Å². The van der Waals surface area contributed by atoms with Crippen molar-refractivity contribution < 1.29 is 22.5 Å². The highest BCUT2D eigenvalue weighted by Crippen LogP contribution is 2.58. The molecular formula is C22H19F3N8O2. The predicted molar refractivity (Wildman–Crippen MR) is 120 cm³/mol. The molecule has 4 aromatic rings. The van der Waals surface area contributed by atoms with Crippen molar-refractivity contribution in [2.75, 3.05) is 16.4 Å². The molecule has 3 heterocycles. The Morgan fingerprint density at radius 1 is 1.14 bits per heavy atom. The number of carbonyl (C=O) groups is 1. The van der Waals surface area contributed by atoms with Gasteiger partial charge in [-0.2, -0.15) is 18.3 Å². The normalized spacial score (nSPS) is 16.9. The molecular weight excluding hydrogens is 465 g/mol. The molecule has 0 radical (unpaired) electrons. The Morgan fingerprint density at radius 3 is 2.54 bits per heavy atom. The summed E-state index contributed by atoms with van der Waals surface area (Å²) < 4.78 is 46.5. The molecule has 2 saturated carbocycles. The van der Waals surface area contributed by atoms with E-state index in [-0.39, 0.29) is 24.4 Å². The number of nitrogen functional groups attached to an aromatic ring is 1. The van der Waals surface area contributed by atoms with Gasteiger partial charge in [-0.05, 0) is 37.8 Å². The fourth-order valence-corrected chi connectivity index (χ4v) is 4.13. The first-order valence-corrected chi connectivity index (χ1v) is 11.0. The zero-order chi connectivity index (χ0) is 24.4. The maximum atomic E-state index is 13.2. The fourth-order valence-electron chi connectivity index (χ4n) is 4.13. The summed E-state index contributed by atoms with van der Waals surface area (Å²) in [4.78, 5) is 20.8. The Morgan fingerprint density at radius 2 is 1.89 bits per heavy atom. The zero-order valence-electron chi connectivity index (χ0n) is 18.1.